The maximum Gasteiger partial charge on any atom is 0.195 e. The molecule has 1 heterocycles. The Hall–Kier alpha value is -1.12. The summed E-state index contributed by atoms with van der Waals surface area (Å²) in [4.78, 5) is 14.1. The van der Waals surface area contributed by atoms with E-state index in [1.54, 1.807) is 0 Å². The first-order chi connectivity index (χ1) is 5.36. The van der Waals surface area contributed by atoms with Gasteiger partial charge in [0.05, 0.1) is 6.20 Å². The molecule has 1 aromatic heterocycles. The molecule has 0 aliphatic heterocycles. The van der Waals surface area contributed by atoms with Gasteiger partial charge in [-0.2, -0.15) is 0 Å². The maximum absolute atomic E-state index is 10.2. The molecule has 0 saturated carbocycles. The Morgan fingerprint density at radius 2 is 2.55 bits per heavy atom. The number of aryl methyl sites for hydroxylation is 1. The van der Waals surface area contributed by atoms with Gasteiger partial charge in [0.15, 0.2) is 17.9 Å². The van der Waals surface area contributed by atoms with Crippen molar-refractivity contribution in [3.05, 3.63) is 17.8 Å². The van der Waals surface area contributed by atoms with Crippen LogP contribution in [0.4, 0.5) is 0 Å². The minimum atomic E-state index is 0.316. The summed E-state index contributed by atoms with van der Waals surface area (Å²) in [5.74, 6) is 0.977. The molecule has 11 heavy (non-hydrogen) atoms. The fraction of sp³-hybridized carbons (Fsp3) is 0.500. The van der Waals surface area contributed by atoms with Crippen LogP contribution in [0.15, 0.2) is 10.6 Å². The van der Waals surface area contributed by atoms with Crippen LogP contribution in [0.1, 0.15) is 36.2 Å². The first kappa shape index (κ1) is 7.98. The van der Waals surface area contributed by atoms with Crippen molar-refractivity contribution in [1.29, 1.82) is 0 Å². The van der Waals surface area contributed by atoms with Crippen LogP contribution < -0.4 is 0 Å². The average Bonchev–Trinajstić information content (AvgIpc) is 2.48. The number of unbranched alkanes of at least 4 members (excludes halogenated alkanes) is 1. The predicted octanol–water partition coefficient (Wildman–Crippen LogP) is 1.83. The Labute approximate surface area is 65.4 Å². The highest BCUT2D eigenvalue weighted by atomic mass is 16.4. The minimum absolute atomic E-state index is 0.316. The summed E-state index contributed by atoms with van der Waals surface area (Å²) in [5.41, 5.74) is 0. The lowest BCUT2D eigenvalue weighted by Gasteiger charge is -1.89. The van der Waals surface area contributed by atoms with Crippen molar-refractivity contribution in [2.24, 2.45) is 0 Å². The molecule has 0 aromatic carbocycles. The van der Waals surface area contributed by atoms with E-state index in [1.165, 1.54) is 6.20 Å². The second-order valence-electron chi connectivity index (χ2n) is 2.38. The topological polar surface area (TPSA) is 43.1 Å². The molecule has 0 fully saturated rings. The molecular formula is C8H11NO2. The summed E-state index contributed by atoms with van der Waals surface area (Å²) < 4.78 is 5.06. The Bertz CT molecular complexity index is 230. The number of hydrogen-bond donors (Lipinski definition) is 0. The molecular weight excluding hydrogens is 142 g/mol. The van der Waals surface area contributed by atoms with Crippen molar-refractivity contribution in [1.82, 2.24) is 4.98 Å². The van der Waals surface area contributed by atoms with E-state index in [1.807, 2.05) is 0 Å². The largest absolute Gasteiger partial charge is 0.438 e. The van der Waals surface area contributed by atoms with Crippen molar-refractivity contribution < 1.29 is 9.21 Å². The Morgan fingerprint density at radius 3 is 3.09 bits per heavy atom. The molecule has 3 heteroatoms. The molecule has 1 rings (SSSR count). The lowest BCUT2D eigenvalue weighted by atomic mass is 10.2. The Kier molecular flexibility index (Phi) is 2.83. The van der Waals surface area contributed by atoms with E-state index < -0.39 is 0 Å². The number of carbonyl (C=O) groups excluding carboxylic acids is 1. The van der Waals surface area contributed by atoms with Gasteiger partial charge in [0, 0.05) is 6.42 Å². The van der Waals surface area contributed by atoms with Crippen molar-refractivity contribution in [2.45, 2.75) is 26.2 Å². The van der Waals surface area contributed by atoms with E-state index >= 15 is 0 Å². The van der Waals surface area contributed by atoms with Crippen LogP contribution in [0.5, 0.6) is 0 Å². The predicted molar refractivity (Wildman–Crippen MR) is 40.5 cm³/mol. The van der Waals surface area contributed by atoms with Crippen LogP contribution in [0.25, 0.3) is 0 Å². The zero-order chi connectivity index (χ0) is 8.10. The molecule has 0 N–H and O–H groups in total. The third-order valence-electron chi connectivity index (χ3n) is 1.43. The fourth-order valence-electron chi connectivity index (χ4n) is 0.822. The lowest BCUT2D eigenvalue weighted by Crippen LogP contribution is -1.82. The van der Waals surface area contributed by atoms with E-state index in [2.05, 4.69) is 11.9 Å². The molecule has 60 valence electrons. The molecule has 0 bridgehead atoms. The van der Waals surface area contributed by atoms with Gasteiger partial charge in [-0.1, -0.05) is 13.3 Å². The standard InChI is InChI=1S/C8H11NO2/c1-2-3-4-8-9-5-7(6-10)11-8/h5-6H,2-4H2,1H3. The van der Waals surface area contributed by atoms with Gasteiger partial charge in [0.2, 0.25) is 0 Å². The number of rotatable bonds is 4. The van der Waals surface area contributed by atoms with E-state index in [0.717, 1.165) is 19.3 Å². The van der Waals surface area contributed by atoms with Crippen LogP contribution in [0.2, 0.25) is 0 Å². The summed E-state index contributed by atoms with van der Waals surface area (Å²) in [5, 5.41) is 0. The Balaban J connectivity index is 2.51. The van der Waals surface area contributed by atoms with Gasteiger partial charge in [0.25, 0.3) is 0 Å². The molecule has 0 atom stereocenters. The van der Waals surface area contributed by atoms with Crippen LogP contribution in [0.3, 0.4) is 0 Å². The summed E-state index contributed by atoms with van der Waals surface area (Å²) in [6.45, 7) is 2.10. The molecule has 0 aliphatic rings. The van der Waals surface area contributed by atoms with Crippen LogP contribution >= 0.6 is 0 Å². The third kappa shape index (κ3) is 2.18. The van der Waals surface area contributed by atoms with E-state index in [4.69, 9.17) is 4.42 Å². The lowest BCUT2D eigenvalue weighted by molar-refractivity contribution is 0.109. The van der Waals surface area contributed by atoms with Crippen LogP contribution in [0, 0.1) is 0 Å². The molecule has 0 unspecified atom stereocenters. The smallest absolute Gasteiger partial charge is 0.195 e. The van der Waals surface area contributed by atoms with Gasteiger partial charge in [-0.3, -0.25) is 4.79 Å². The quantitative estimate of drug-likeness (QED) is 0.620. The zero-order valence-electron chi connectivity index (χ0n) is 6.54. The van der Waals surface area contributed by atoms with Gasteiger partial charge in [-0.05, 0) is 6.42 Å². The molecule has 0 saturated heterocycles. The molecule has 3 nitrogen and oxygen atoms in total. The van der Waals surface area contributed by atoms with E-state index in [-0.39, 0.29) is 0 Å². The van der Waals surface area contributed by atoms with E-state index in [0.29, 0.717) is 17.9 Å². The number of hydrogen-bond acceptors (Lipinski definition) is 3. The molecule has 1 aromatic rings. The van der Waals surface area contributed by atoms with Crippen molar-refractivity contribution in [2.75, 3.05) is 0 Å². The van der Waals surface area contributed by atoms with Crippen molar-refractivity contribution in [3.63, 3.8) is 0 Å². The third-order valence-corrected chi connectivity index (χ3v) is 1.43. The van der Waals surface area contributed by atoms with Crippen molar-refractivity contribution in [3.8, 4) is 0 Å². The number of oxazole rings is 1. The normalized spacial score (nSPS) is 9.91. The molecule has 0 spiro atoms. The van der Waals surface area contributed by atoms with Crippen molar-refractivity contribution >= 4 is 6.29 Å². The fourth-order valence-corrected chi connectivity index (χ4v) is 0.822. The Morgan fingerprint density at radius 1 is 1.73 bits per heavy atom. The zero-order valence-corrected chi connectivity index (χ0v) is 6.54. The number of nitrogens with zero attached hydrogens (tertiary/aromatic N) is 1. The van der Waals surface area contributed by atoms with Gasteiger partial charge in [-0.25, -0.2) is 4.98 Å². The average molecular weight is 153 g/mol. The maximum atomic E-state index is 10.2. The van der Waals surface area contributed by atoms with Gasteiger partial charge in [-0.15, -0.1) is 0 Å². The molecule has 0 amide bonds. The number of aromatic nitrogens is 1. The molecule has 0 radical (unpaired) electrons. The summed E-state index contributed by atoms with van der Waals surface area (Å²) in [7, 11) is 0. The summed E-state index contributed by atoms with van der Waals surface area (Å²) >= 11 is 0. The second-order valence-corrected chi connectivity index (χ2v) is 2.38. The minimum Gasteiger partial charge on any atom is -0.438 e. The molecule has 0 aliphatic carbocycles. The van der Waals surface area contributed by atoms with Gasteiger partial charge >= 0.3 is 0 Å². The number of aldehydes is 1. The van der Waals surface area contributed by atoms with Crippen LogP contribution in [-0.2, 0) is 6.42 Å². The highest BCUT2D eigenvalue weighted by molar-refractivity contribution is 5.69. The highest BCUT2D eigenvalue weighted by Gasteiger charge is 2.00. The highest BCUT2D eigenvalue weighted by Crippen LogP contribution is 2.04. The summed E-state index contributed by atoms with van der Waals surface area (Å²) in [6.07, 6.45) is 5.11. The SMILES string of the molecule is CCCCc1ncc(C=O)o1. The summed E-state index contributed by atoms with van der Waals surface area (Å²) in [6, 6.07) is 0. The first-order valence-electron chi connectivity index (χ1n) is 3.76. The number of carbonyl (C=O) groups is 1. The monoisotopic (exact) mass is 153 g/mol. The van der Waals surface area contributed by atoms with Gasteiger partial charge in [0.1, 0.15) is 0 Å². The first-order valence-corrected chi connectivity index (χ1v) is 3.76. The van der Waals surface area contributed by atoms with Crippen LogP contribution in [-0.4, -0.2) is 11.3 Å². The van der Waals surface area contributed by atoms with Gasteiger partial charge < -0.3 is 4.42 Å². The van der Waals surface area contributed by atoms with E-state index in [9.17, 15) is 4.79 Å². The second kappa shape index (κ2) is 3.91.